The molecule has 6 heteroatoms. The van der Waals surface area contributed by atoms with Gasteiger partial charge in [-0.25, -0.2) is 0 Å². The molecule has 150 valence electrons. The van der Waals surface area contributed by atoms with Gasteiger partial charge in [-0.1, -0.05) is 12.1 Å². The number of benzene rings is 1. The van der Waals surface area contributed by atoms with Crippen LogP contribution in [-0.4, -0.2) is 45.4 Å². The van der Waals surface area contributed by atoms with E-state index in [0.717, 1.165) is 56.5 Å². The first-order valence-electron chi connectivity index (χ1n) is 11.0. The van der Waals surface area contributed by atoms with Crippen molar-refractivity contribution < 1.29 is 4.74 Å². The van der Waals surface area contributed by atoms with Gasteiger partial charge in [0.05, 0.1) is 12.1 Å². The Morgan fingerprint density at radius 3 is 2.89 bits per heavy atom. The van der Waals surface area contributed by atoms with E-state index in [9.17, 15) is 0 Å². The summed E-state index contributed by atoms with van der Waals surface area (Å²) in [5, 5.41) is 12.6. The molecular formula is C22H31N5O. The lowest BCUT2D eigenvalue weighted by Gasteiger charge is -2.25. The highest BCUT2D eigenvalue weighted by Crippen LogP contribution is 2.33. The maximum atomic E-state index is 6.22. The second-order valence-corrected chi connectivity index (χ2v) is 8.43. The molecule has 0 spiro atoms. The molecule has 6 nitrogen and oxygen atoms in total. The van der Waals surface area contributed by atoms with Crippen LogP contribution in [0.4, 0.5) is 0 Å². The summed E-state index contributed by atoms with van der Waals surface area (Å²) in [6, 6.07) is 9.08. The number of aromatic nitrogens is 3. The largest absolute Gasteiger partial charge is 0.490 e. The fraction of sp³-hybridized carbons (Fsp3) is 0.636. The van der Waals surface area contributed by atoms with E-state index in [-0.39, 0.29) is 0 Å². The Balaban J connectivity index is 1.30. The third-order valence-electron chi connectivity index (χ3n) is 6.44. The third kappa shape index (κ3) is 3.80. The predicted molar refractivity (Wildman–Crippen MR) is 108 cm³/mol. The van der Waals surface area contributed by atoms with E-state index < -0.39 is 0 Å². The molecule has 1 aliphatic carbocycles. The molecule has 1 atom stereocenters. The molecular weight excluding hydrogens is 350 g/mol. The fourth-order valence-corrected chi connectivity index (χ4v) is 5.00. The van der Waals surface area contributed by atoms with Gasteiger partial charge in [-0.15, -0.1) is 10.2 Å². The Bertz CT molecular complexity index is 798. The molecule has 1 aromatic carbocycles. The van der Waals surface area contributed by atoms with E-state index in [0.29, 0.717) is 12.1 Å². The second-order valence-electron chi connectivity index (χ2n) is 8.43. The van der Waals surface area contributed by atoms with Gasteiger partial charge in [0, 0.05) is 32.6 Å². The highest BCUT2D eigenvalue weighted by molar-refractivity contribution is 5.29. The molecule has 2 aliphatic heterocycles. The monoisotopic (exact) mass is 381 g/mol. The summed E-state index contributed by atoms with van der Waals surface area (Å²) >= 11 is 0. The van der Waals surface area contributed by atoms with Gasteiger partial charge in [0.15, 0.2) is 0 Å². The van der Waals surface area contributed by atoms with E-state index in [4.69, 9.17) is 4.74 Å². The van der Waals surface area contributed by atoms with Crippen molar-refractivity contribution in [1.29, 1.82) is 0 Å². The number of hydrogen-bond acceptors (Lipinski definition) is 5. The van der Waals surface area contributed by atoms with Crippen LogP contribution in [0.5, 0.6) is 5.75 Å². The molecule has 28 heavy (non-hydrogen) atoms. The van der Waals surface area contributed by atoms with E-state index >= 15 is 0 Å². The standard InChI is InChI=1S/C22H31N5O/c1-2-7-18(6-1)28-19-8-3-5-17(15-19)16-26-13-4-9-20(26)22-25-24-21-10-11-23-12-14-27(21)22/h3,5,8,15,18,20,23H,1-2,4,6-7,9-14,16H2. The van der Waals surface area contributed by atoms with Gasteiger partial charge in [-0.05, 0) is 62.8 Å². The average molecular weight is 382 g/mol. The molecule has 1 aromatic heterocycles. The Morgan fingerprint density at radius 2 is 1.96 bits per heavy atom. The highest BCUT2D eigenvalue weighted by atomic mass is 16.5. The van der Waals surface area contributed by atoms with Crippen LogP contribution in [0.3, 0.4) is 0 Å². The van der Waals surface area contributed by atoms with Crippen LogP contribution in [0.15, 0.2) is 24.3 Å². The number of likely N-dealkylation sites (tertiary alicyclic amines) is 1. The summed E-state index contributed by atoms with van der Waals surface area (Å²) < 4.78 is 8.58. The number of rotatable bonds is 5. The van der Waals surface area contributed by atoms with Crippen LogP contribution in [0.25, 0.3) is 0 Å². The third-order valence-corrected chi connectivity index (χ3v) is 6.44. The lowest BCUT2D eigenvalue weighted by molar-refractivity contribution is 0.208. The molecule has 0 radical (unpaired) electrons. The van der Waals surface area contributed by atoms with Crippen molar-refractivity contribution in [2.75, 3.05) is 19.6 Å². The zero-order valence-corrected chi connectivity index (χ0v) is 16.6. The zero-order valence-electron chi connectivity index (χ0n) is 16.6. The SMILES string of the molecule is c1cc(CN2CCCC2c2nnc3n2CCNCC3)cc(OC2CCCC2)c1. The van der Waals surface area contributed by atoms with Crippen molar-refractivity contribution in [1.82, 2.24) is 25.0 Å². The quantitative estimate of drug-likeness (QED) is 0.863. The molecule has 5 rings (SSSR count). The van der Waals surface area contributed by atoms with Gasteiger partial charge in [0.1, 0.15) is 17.4 Å². The van der Waals surface area contributed by atoms with Gasteiger partial charge in [0.2, 0.25) is 0 Å². The van der Waals surface area contributed by atoms with Gasteiger partial charge >= 0.3 is 0 Å². The molecule has 2 aromatic rings. The topological polar surface area (TPSA) is 55.2 Å². The lowest BCUT2D eigenvalue weighted by Crippen LogP contribution is -2.26. The molecule has 1 saturated carbocycles. The smallest absolute Gasteiger partial charge is 0.150 e. The Labute approximate surface area is 167 Å². The molecule has 1 unspecified atom stereocenters. The first-order valence-corrected chi connectivity index (χ1v) is 11.0. The molecule has 1 N–H and O–H groups in total. The van der Waals surface area contributed by atoms with Crippen LogP contribution in [0, 0.1) is 0 Å². The Kier molecular flexibility index (Phi) is 5.32. The predicted octanol–water partition coefficient (Wildman–Crippen LogP) is 3.08. The molecule has 3 heterocycles. The number of nitrogens with one attached hydrogen (secondary N) is 1. The van der Waals surface area contributed by atoms with Gasteiger partial charge < -0.3 is 14.6 Å². The summed E-state index contributed by atoms with van der Waals surface area (Å²) in [5.74, 6) is 3.33. The summed E-state index contributed by atoms with van der Waals surface area (Å²) in [7, 11) is 0. The first-order chi connectivity index (χ1) is 13.9. The van der Waals surface area contributed by atoms with Crippen molar-refractivity contribution in [3.05, 3.63) is 41.5 Å². The average Bonchev–Trinajstić information content (AvgIpc) is 3.42. The van der Waals surface area contributed by atoms with Crippen molar-refractivity contribution in [2.24, 2.45) is 0 Å². The van der Waals surface area contributed by atoms with E-state index in [2.05, 4.69) is 49.2 Å². The highest BCUT2D eigenvalue weighted by Gasteiger charge is 2.31. The van der Waals surface area contributed by atoms with Crippen LogP contribution in [0.2, 0.25) is 0 Å². The molecule has 0 amide bonds. The van der Waals surface area contributed by atoms with Crippen molar-refractivity contribution in [3.8, 4) is 5.75 Å². The van der Waals surface area contributed by atoms with Crippen LogP contribution in [-0.2, 0) is 19.5 Å². The van der Waals surface area contributed by atoms with Crippen molar-refractivity contribution >= 4 is 0 Å². The maximum absolute atomic E-state index is 6.22. The number of hydrogen-bond donors (Lipinski definition) is 1. The molecule has 2 fully saturated rings. The van der Waals surface area contributed by atoms with Gasteiger partial charge in [-0.2, -0.15) is 0 Å². The zero-order chi connectivity index (χ0) is 18.8. The van der Waals surface area contributed by atoms with Crippen molar-refractivity contribution in [2.45, 2.75) is 70.2 Å². The number of ether oxygens (including phenoxy) is 1. The summed E-state index contributed by atoms with van der Waals surface area (Å²) in [4.78, 5) is 2.57. The summed E-state index contributed by atoms with van der Waals surface area (Å²) in [6.45, 7) is 5.06. The van der Waals surface area contributed by atoms with Crippen molar-refractivity contribution in [3.63, 3.8) is 0 Å². The molecule has 0 bridgehead atoms. The lowest BCUT2D eigenvalue weighted by atomic mass is 10.1. The number of nitrogens with zero attached hydrogens (tertiary/aromatic N) is 4. The minimum atomic E-state index is 0.374. The van der Waals surface area contributed by atoms with Gasteiger partial charge in [-0.3, -0.25) is 4.90 Å². The minimum absolute atomic E-state index is 0.374. The number of fused-ring (bicyclic) bond motifs is 1. The van der Waals surface area contributed by atoms with Crippen LogP contribution < -0.4 is 10.1 Å². The second kappa shape index (κ2) is 8.21. The van der Waals surface area contributed by atoms with E-state index in [1.165, 1.54) is 44.1 Å². The minimum Gasteiger partial charge on any atom is -0.490 e. The van der Waals surface area contributed by atoms with Crippen LogP contribution >= 0.6 is 0 Å². The fourth-order valence-electron chi connectivity index (χ4n) is 5.00. The molecule has 1 saturated heterocycles. The van der Waals surface area contributed by atoms with E-state index in [1.54, 1.807) is 0 Å². The maximum Gasteiger partial charge on any atom is 0.150 e. The van der Waals surface area contributed by atoms with Gasteiger partial charge in [0.25, 0.3) is 0 Å². The normalized spacial score (nSPS) is 23.6. The Hall–Kier alpha value is -1.92. The van der Waals surface area contributed by atoms with Crippen LogP contribution in [0.1, 0.15) is 61.8 Å². The summed E-state index contributed by atoms with van der Waals surface area (Å²) in [5.41, 5.74) is 1.33. The van der Waals surface area contributed by atoms with E-state index in [1.807, 2.05) is 0 Å². The molecule has 3 aliphatic rings. The summed E-state index contributed by atoms with van der Waals surface area (Å²) in [6.07, 6.45) is 8.79. The Morgan fingerprint density at radius 1 is 1.04 bits per heavy atom. The first kappa shape index (κ1) is 18.1.